The lowest BCUT2D eigenvalue weighted by Gasteiger charge is -2.12. The summed E-state index contributed by atoms with van der Waals surface area (Å²) in [5.74, 6) is 1.15. The molecule has 3 heteroatoms. The van der Waals surface area contributed by atoms with E-state index in [2.05, 4.69) is 16.9 Å². The Balaban J connectivity index is 2.42. The van der Waals surface area contributed by atoms with Crippen LogP contribution in [0.15, 0.2) is 30.6 Å². The van der Waals surface area contributed by atoms with E-state index in [-0.39, 0.29) is 5.92 Å². The van der Waals surface area contributed by atoms with Gasteiger partial charge in [-0.2, -0.15) is 0 Å². The van der Waals surface area contributed by atoms with Crippen LogP contribution in [0.4, 0.5) is 0 Å². The number of hydrogen-bond acceptors (Lipinski definition) is 1. The summed E-state index contributed by atoms with van der Waals surface area (Å²) in [6.07, 6.45) is 3.59. The molecular formula is C12H13ClN2. The van der Waals surface area contributed by atoms with E-state index in [1.54, 1.807) is 6.20 Å². The molecule has 1 unspecified atom stereocenters. The average Bonchev–Trinajstić information content (AvgIpc) is 2.74. The second-order valence-corrected chi connectivity index (χ2v) is 4.05. The van der Waals surface area contributed by atoms with Gasteiger partial charge in [-0.05, 0) is 18.1 Å². The molecular weight excluding hydrogens is 208 g/mol. The van der Waals surface area contributed by atoms with Crippen molar-refractivity contribution in [1.29, 1.82) is 0 Å². The molecule has 0 amide bonds. The fourth-order valence-corrected chi connectivity index (χ4v) is 1.96. The molecule has 1 aromatic carbocycles. The Bertz CT molecular complexity index is 449. The summed E-state index contributed by atoms with van der Waals surface area (Å²) in [5, 5.41) is 0.835. The van der Waals surface area contributed by atoms with Crippen LogP contribution in [-0.4, -0.2) is 9.97 Å². The van der Waals surface area contributed by atoms with Crippen molar-refractivity contribution < 1.29 is 0 Å². The van der Waals surface area contributed by atoms with Gasteiger partial charge in [-0.3, -0.25) is 0 Å². The summed E-state index contributed by atoms with van der Waals surface area (Å²) in [6, 6.07) is 6.08. The van der Waals surface area contributed by atoms with Crippen LogP contribution in [0.5, 0.6) is 0 Å². The number of benzene rings is 1. The number of H-pyrrole nitrogens is 1. The zero-order chi connectivity index (χ0) is 10.8. The summed E-state index contributed by atoms with van der Waals surface area (Å²) in [4.78, 5) is 7.36. The number of halogens is 1. The van der Waals surface area contributed by atoms with E-state index < -0.39 is 0 Å². The zero-order valence-corrected chi connectivity index (χ0v) is 9.55. The number of hydrogen-bond donors (Lipinski definition) is 1. The Labute approximate surface area is 94.3 Å². The molecule has 0 saturated carbocycles. The van der Waals surface area contributed by atoms with Crippen molar-refractivity contribution in [3.05, 3.63) is 52.6 Å². The first-order valence-electron chi connectivity index (χ1n) is 4.94. The molecule has 0 aliphatic heterocycles. The van der Waals surface area contributed by atoms with Crippen molar-refractivity contribution in [3.63, 3.8) is 0 Å². The summed E-state index contributed by atoms with van der Waals surface area (Å²) < 4.78 is 0. The molecule has 0 aliphatic rings. The summed E-state index contributed by atoms with van der Waals surface area (Å²) in [7, 11) is 0. The van der Waals surface area contributed by atoms with Gasteiger partial charge in [0, 0.05) is 23.3 Å². The highest BCUT2D eigenvalue weighted by Gasteiger charge is 2.14. The van der Waals surface area contributed by atoms with E-state index in [9.17, 15) is 0 Å². The van der Waals surface area contributed by atoms with Gasteiger partial charge in [0.05, 0.1) is 0 Å². The molecule has 0 aliphatic carbocycles. The summed E-state index contributed by atoms with van der Waals surface area (Å²) in [5.41, 5.74) is 2.22. The van der Waals surface area contributed by atoms with Gasteiger partial charge in [-0.25, -0.2) is 4.98 Å². The first kappa shape index (κ1) is 10.2. The second kappa shape index (κ2) is 4.07. The van der Waals surface area contributed by atoms with Crippen LogP contribution in [0.3, 0.4) is 0 Å². The number of imidazole rings is 1. The first-order chi connectivity index (χ1) is 7.20. The molecule has 0 fully saturated rings. The average molecular weight is 221 g/mol. The van der Waals surface area contributed by atoms with Crippen molar-refractivity contribution in [2.24, 2.45) is 0 Å². The maximum Gasteiger partial charge on any atom is 0.113 e. The van der Waals surface area contributed by atoms with Crippen LogP contribution in [0, 0.1) is 6.92 Å². The van der Waals surface area contributed by atoms with E-state index in [0.717, 1.165) is 22.0 Å². The molecule has 0 radical (unpaired) electrons. The minimum atomic E-state index is 0.201. The lowest BCUT2D eigenvalue weighted by molar-refractivity contribution is 0.839. The Kier molecular flexibility index (Phi) is 2.78. The van der Waals surface area contributed by atoms with Gasteiger partial charge < -0.3 is 4.98 Å². The van der Waals surface area contributed by atoms with Gasteiger partial charge >= 0.3 is 0 Å². The summed E-state index contributed by atoms with van der Waals surface area (Å²) in [6.45, 7) is 4.11. The molecule has 15 heavy (non-hydrogen) atoms. The lowest BCUT2D eigenvalue weighted by atomic mass is 9.98. The van der Waals surface area contributed by atoms with Crippen LogP contribution in [0.25, 0.3) is 0 Å². The fraction of sp³-hybridized carbons (Fsp3) is 0.250. The first-order valence-corrected chi connectivity index (χ1v) is 5.32. The number of aromatic amines is 1. The SMILES string of the molecule is Cc1cccc(C(C)c2ncc[nH]2)c1Cl. The lowest BCUT2D eigenvalue weighted by Crippen LogP contribution is -2.00. The third-order valence-corrected chi connectivity index (χ3v) is 3.13. The third-order valence-electron chi connectivity index (χ3n) is 2.62. The topological polar surface area (TPSA) is 28.7 Å². The number of nitrogens with zero attached hydrogens (tertiary/aromatic N) is 1. The van der Waals surface area contributed by atoms with E-state index in [0.29, 0.717) is 0 Å². The van der Waals surface area contributed by atoms with Gasteiger partial charge in [0.2, 0.25) is 0 Å². The highest BCUT2D eigenvalue weighted by molar-refractivity contribution is 6.32. The van der Waals surface area contributed by atoms with Crippen molar-refractivity contribution in [2.75, 3.05) is 0 Å². The van der Waals surface area contributed by atoms with Crippen LogP contribution >= 0.6 is 11.6 Å². The quantitative estimate of drug-likeness (QED) is 0.824. The van der Waals surface area contributed by atoms with E-state index in [4.69, 9.17) is 11.6 Å². The molecule has 1 N–H and O–H groups in total. The van der Waals surface area contributed by atoms with E-state index in [1.165, 1.54) is 0 Å². The Morgan fingerprint density at radius 2 is 2.20 bits per heavy atom. The predicted octanol–water partition coefficient (Wildman–Crippen LogP) is 3.52. The molecule has 0 bridgehead atoms. The molecule has 2 rings (SSSR count). The number of aromatic nitrogens is 2. The standard InChI is InChI=1S/C12H13ClN2/c1-8-4-3-5-10(11(8)13)9(2)12-14-6-7-15-12/h3-7,9H,1-2H3,(H,14,15). The maximum atomic E-state index is 6.26. The third kappa shape index (κ3) is 1.90. The molecule has 1 atom stereocenters. The van der Waals surface area contributed by atoms with Gasteiger partial charge in [-0.15, -0.1) is 0 Å². The van der Waals surface area contributed by atoms with Crippen LogP contribution in [0.2, 0.25) is 5.02 Å². The van der Waals surface area contributed by atoms with Gasteiger partial charge in [-0.1, -0.05) is 36.7 Å². The number of nitrogens with one attached hydrogen (secondary N) is 1. The van der Waals surface area contributed by atoms with Gasteiger partial charge in [0.25, 0.3) is 0 Å². The Hall–Kier alpha value is -1.28. The molecule has 2 nitrogen and oxygen atoms in total. The highest BCUT2D eigenvalue weighted by atomic mass is 35.5. The largest absolute Gasteiger partial charge is 0.348 e. The van der Waals surface area contributed by atoms with Crippen LogP contribution in [0.1, 0.15) is 29.8 Å². The van der Waals surface area contributed by atoms with Gasteiger partial charge in [0.15, 0.2) is 0 Å². The van der Waals surface area contributed by atoms with Crippen LogP contribution < -0.4 is 0 Å². The molecule has 1 heterocycles. The van der Waals surface area contributed by atoms with Crippen molar-refractivity contribution in [2.45, 2.75) is 19.8 Å². The zero-order valence-electron chi connectivity index (χ0n) is 8.79. The van der Waals surface area contributed by atoms with Crippen LogP contribution in [-0.2, 0) is 0 Å². The molecule has 0 spiro atoms. The van der Waals surface area contributed by atoms with Gasteiger partial charge in [0.1, 0.15) is 5.82 Å². The van der Waals surface area contributed by atoms with E-state index >= 15 is 0 Å². The second-order valence-electron chi connectivity index (χ2n) is 3.67. The van der Waals surface area contributed by atoms with Crippen molar-refractivity contribution in [1.82, 2.24) is 9.97 Å². The molecule has 78 valence electrons. The maximum absolute atomic E-state index is 6.26. The minimum absolute atomic E-state index is 0.201. The normalized spacial score (nSPS) is 12.7. The van der Waals surface area contributed by atoms with E-state index in [1.807, 2.05) is 31.3 Å². The molecule has 0 saturated heterocycles. The van der Waals surface area contributed by atoms with Crippen molar-refractivity contribution in [3.8, 4) is 0 Å². The molecule has 1 aromatic heterocycles. The fourth-order valence-electron chi connectivity index (χ4n) is 1.67. The predicted molar refractivity (Wildman–Crippen MR) is 62.3 cm³/mol. The minimum Gasteiger partial charge on any atom is -0.348 e. The van der Waals surface area contributed by atoms with Crippen molar-refractivity contribution >= 4 is 11.6 Å². The monoisotopic (exact) mass is 220 g/mol. The smallest absolute Gasteiger partial charge is 0.113 e. The Morgan fingerprint density at radius 1 is 1.40 bits per heavy atom. The summed E-state index contributed by atoms with van der Waals surface area (Å²) >= 11 is 6.26. The highest BCUT2D eigenvalue weighted by Crippen LogP contribution is 2.29. The number of rotatable bonds is 2. The number of aryl methyl sites for hydroxylation is 1. The molecule has 2 aromatic rings. The Morgan fingerprint density at radius 3 is 2.87 bits per heavy atom.